The number of carboxylic acid groups (broad SMARTS) is 1. The number of rotatable bonds is 8. The van der Waals surface area contributed by atoms with Gasteiger partial charge < -0.3 is 9.84 Å². The Morgan fingerprint density at radius 2 is 1.42 bits per heavy atom. The Morgan fingerprint density at radius 3 is 1.89 bits per heavy atom. The number of hydrogen-bond acceptors (Lipinski definition) is 3. The minimum absolute atomic E-state index is 0.0719. The average molecular weight is 526 g/mol. The van der Waals surface area contributed by atoms with Gasteiger partial charge in [-0.1, -0.05) is 42.5 Å². The zero-order valence-electron chi connectivity index (χ0n) is 18.8. The first-order chi connectivity index (χ1) is 16.9. The normalized spacial score (nSPS) is 11.8. The summed E-state index contributed by atoms with van der Waals surface area (Å²) in [7, 11) is 0. The van der Waals surface area contributed by atoms with E-state index in [1.807, 2.05) is 0 Å². The first kappa shape index (κ1) is 27.2. The maximum Gasteiger partial charge on any atom is 0.417 e. The van der Waals surface area contributed by atoms with E-state index in [0.29, 0.717) is 16.2 Å². The van der Waals surface area contributed by atoms with Crippen LogP contribution < -0.4 is 4.74 Å². The predicted molar refractivity (Wildman–Crippen MR) is 125 cm³/mol. The van der Waals surface area contributed by atoms with Gasteiger partial charge in [0.2, 0.25) is 0 Å². The molecule has 0 atom stereocenters. The van der Waals surface area contributed by atoms with Crippen LogP contribution in [-0.4, -0.2) is 23.4 Å². The molecule has 36 heavy (non-hydrogen) atoms. The third-order valence-electron chi connectivity index (χ3n) is 5.08. The molecule has 10 heteroatoms. The number of hydrogen-bond donors (Lipinski definition) is 1. The van der Waals surface area contributed by atoms with E-state index >= 15 is 0 Å². The molecule has 3 nitrogen and oxygen atoms in total. The van der Waals surface area contributed by atoms with Crippen molar-refractivity contribution in [1.82, 2.24) is 0 Å². The lowest BCUT2D eigenvalue weighted by atomic mass is 9.90. The largest absolute Gasteiger partial charge is 0.482 e. The van der Waals surface area contributed by atoms with Crippen molar-refractivity contribution in [1.29, 1.82) is 0 Å². The van der Waals surface area contributed by atoms with Crippen LogP contribution in [0, 0.1) is 6.92 Å². The van der Waals surface area contributed by atoms with Crippen LogP contribution in [0.4, 0.5) is 26.3 Å². The maximum atomic E-state index is 13.7. The molecule has 3 aromatic carbocycles. The Balaban J connectivity index is 2.01. The average Bonchev–Trinajstić information content (AvgIpc) is 2.80. The molecule has 0 unspecified atom stereocenters. The van der Waals surface area contributed by atoms with Crippen LogP contribution in [0.2, 0.25) is 0 Å². The molecule has 0 spiro atoms. The molecule has 0 aliphatic carbocycles. The van der Waals surface area contributed by atoms with Crippen molar-refractivity contribution in [3.05, 3.63) is 101 Å². The van der Waals surface area contributed by atoms with Gasteiger partial charge in [-0.15, -0.1) is 11.8 Å². The van der Waals surface area contributed by atoms with Gasteiger partial charge in [0.1, 0.15) is 5.75 Å². The number of thioether (sulfide) groups is 1. The predicted octanol–water partition coefficient (Wildman–Crippen LogP) is 7.72. The maximum absolute atomic E-state index is 13.7. The number of aryl methyl sites for hydroxylation is 1. The minimum atomic E-state index is -4.76. The summed E-state index contributed by atoms with van der Waals surface area (Å²) in [6.45, 7) is 1.18. The van der Waals surface area contributed by atoms with Crippen LogP contribution in [0.25, 0.3) is 5.57 Å². The molecule has 0 bridgehead atoms. The summed E-state index contributed by atoms with van der Waals surface area (Å²) >= 11 is 1.20. The molecule has 0 saturated carbocycles. The smallest absolute Gasteiger partial charge is 0.417 e. The second-order valence-electron chi connectivity index (χ2n) is 7.63. The number of ether oxygens (including phenoxy) is 1. The van der Waals surface area contributed by atoms with Crippen molar-refractivity contribution >= 4 is 23.3 Å². The van der Waals surface area contributed by atoms with E-state index in [1.165, 1.54) is 42.1 Å². The number of carboxylic acids is 1. The fourth-order valence-electron chi connectivity index (χ4n) is 3.53. The number of carbonyl (C=O) groups is 1. The highest BCUT2D eigenvalue weighted by molar-refractivity contribution is 7.99. The van der Waals surface area contributed by atoms with E-state index in [4.69, 9.17) is 9.84 Å². The van der Waals surface area contributed by atoms with Crippen LogP contribution >= 0.6 is 11.8 Å². The molecule has 3 aromatic rings. The van der Waals surface area contributed by atoms with Crippen LogP contribution in [-0.2, 0) is 17.1 Å². The third-order valence-corrected chi connectivity index (χ3v) is 6.00. The molecule has 3 rings (SSSR count). The molecule has 0 saturated heterocycles. The van der Waals surface area contributed by atoms with Crippen LogP contribution in [0.5, 0.6) is 5.75 Å². The number of halogens is 6. The molecule has 0 radical (unpaired) electrons. The standard InChI is InChI=1S/C26H20F6O3S/c1-16-14-17(10-11-23(16)35-15-24(33)34)36-13-12-18(19-6-2-4-8-21(19)25(27,28)29)20-7-3-5-9-22(20)26(30,31)32/h2-12,14H,13,15H2,1H3,(H,33,34). The van der Waals surface area contributed by atoms with Crippen molar-refractivity contribution in [3.8, 4) is 5.75 Å². The quantitative estimate of drug-likeness (QED) is 0.241. The third kappa shape index (κ3) is 6.84. The number of aliphatic carboxylic acids is 1. The summed E-state index contributed by atoms with van der Waals surface area (Å²) < 4.78 is 87.6. The number of benzene rings is 3. The highest BCUT2D eigenvalue weighted by Crippen LogP contribution is 2.41. The molecule has 0 aromatic heterocycles. The minimum Gasteiger partial charge on any atom is -0.482 e. The van der Waals surface area contributed by atoms with Gasteiger partial charge in [0.25, 0.3) is 0 Å². The first-order valence-electron chi connectivity index (χ1n) is 10.5. The topological polar surface area (TPSA) is 46.5 Å². The summed E-state index contributed by atoms with van der Waals surface area (Å²) in [5.74, 6) is -0.706. The van der Waals surface area contributed by atoms with Gasteiger partial charge in [0.15, 0.2) is 6.61 Å². The zero-order chi connectivity index (χ0) is 26.5. The van der Waals surface area contributed by atoms with Gasteiger partial charge in [-0.3, -0.25) is 0 Å². The molecule has 0 aliphatic rings. The van der Waals surface area contributed by atoms with E-state index in [0.717, 1.165) is 24.3 Å². The highest BCUT2D eigenvalue weighted by Gasteiger charge is 2.37. The van der Waals surface area contributed by atoms with Gasteiger partial charge in [-0.25, -0.2) is 4.79 Å². The Kier molecular flexibility index (Phi) is 8.39. The van der Waals surface area contributed by atoms with Gasteiger partial charge in [-0.05, 0) is 59.5 Å². The van der Waals surface area contributed by atoms with E-state index in [2.05, 4.69) is 0 Å². The fraction of sp³-hybridized carbons (Fsp3) is 0.192. The molecular weight excluding hydrogens is 506 g/mol. The van der Waals surface area contributed by atoms with Gasteiger partial charge in [0.05, 0.1) is 11.1 Å². The molecule has 0 amide bonds. The van der Waals surface area contributed by atoms with E-state index in [-0.39, 0.29) is 22.5 Å². The monoisotopic (exact) mass is 526 g/mol. The Bertz CT molecular complexity index is 1210. The lowest BCUT2D eigenvalue weighted by Gasteiger charge is -2.19. The lowest BCUT2D eigenvalue weighted by Crippen LogP contribution is -2.12. The van der Waals surface area contributed by atoms with Crippen molar-refractivity contribution in [2.24, 2.45) is 0 Å². The molecule has 190 valence electrons. The summed E-state index contributed by atoms with van der Waals surface area (Å²) in [6, 6.07) is 14.0. The van der Waals surface area contributed by atoms with Crippen molar-refractivity contribution in [3.63, 3.8) is 0 Å². The van der Waals surface area contributed by atoms with E-state index in [9.17, 15) is 31.1 Å². The Labute approximate surface area is 207 Å². The lowest BCUT2D eigenvalue weighted by molar-refractivity contribution is -0.139. The number of alkyl halides is 6. The SMILES string of the molecule is Cc1cc(SCC=C(c2ccccc2C(F)(F)F)c2ccccc2C(F)(F)F)ccc1OCC(=O)O. The fourth-order valence-corrected chi connectivity index (χ4v) is 4.40. The summed E-state index contributed by atoms with van der Waals surface area (Å²) in [5, 5.41) is 8.74. The summed E-state index contributed by atoms with van der Waals surface area (Å²) in [6.07, 6.45) is -8.18. The van der Waals surface area contributed by atoms with Crippen molar-refractivity contribution in [2.45, 2.75) is 24.2 Å². The molecule has 0 aliphatic heterocycles. The van der Waals surface area contributed by atoms with Gasteiger partial charge in [0, 0.05) is 10.6 Å². The second-order valence-corrected chi connectivity index (χ2v) is 8.72. The van der Waals surface area contributed by atoms with Crippen LogP contribution in [0.1, 0.15) is 27.8 Å². The highest BCUT2D eigenvalue weighted by atomic mass is 32.2. The van der Waals surface area contributed by atoms with Gasteiger partial charge >= 0.3 is 18.3 Å². The zero-order valence-corrected chi connectivity index (χ0v) is 19.6. The molecule has 1 N–H and O–H groups in total. The van der Waals surface area contributed by atoms with Crippen LogP contribution in [0.15, 0.2) is 77.7 Å². The second kappa shape index (κ2) is 11.1. The Hall–Kier alpha value is -3.40. The Morgan fingerprint density at radius 1 is 0.889 bits per heavy atom. The van der Waals surface area contributed by atoms with Crippen molar-refractivity contribution in [2.75, 3.05) is 12.4 Å². The molecule has 0 heterocycles. The van der Waals surface area contributed by atoms with Gasteiger partial charge in [-0.2, -0.15) is 26.3 Å². The molecule has 0 fully saturated rings. The summed E-state index contributed by atoms with van der Waals surface area (Å²) in [5.41, 5.74) is -2.31. The van der Waals surface area contributed by atoms with Crippen molar-refractivity contribution < 1.29 is 41.0 Å². The first-order valence-corrected chi connectivity index (χ1v) is 11.5. The molecular formula is C26H20F6O3S. The summed E-state index contributed by atoms with van der Waals surface area (Å²) in [4.78, 5) is 11.4. The van der Waals surface area contributed by atoms with E-state index in [1.54, 1.807) is 25.1 Å². The van der Waals surface area contributed by atoms with Crippen LogP contribution in [0.3, 0.4) is 0 Å². The van der Waals surface area contributed by atoms with E-state index < -0.39 is 36.1 Å².